The van der Waals surface area contributed by atoms with Crippen molar-refractivity contribution in [3.05, 3.63) is 37.1 Å². The predicted octanol–water partition coefficient (Wildman–Crippen LogP) is 2.23. The number of nitrogens with one attached hydrogen (secondary N) is 2. The van der Waals surface area contributed by atoms with E-state index in [1.165, 1.54) is 0 Å². The van der Waals surface area contributed by atoms with E-state index in [-0.39, 0.29) is 0 Å². The minimum Gasteiger partial charge on any atom is -0.397 e. The van der Waals surface area contributed by atoms with Gasteiger partial charge >= 0.3 is 0 Å². The number of nitrogens with zero attached hydrogens (tertiary/aromatic N) is 3. The highest BCUT2D eigenvalue weighted by molar-refractivity contribution is 5.88. The van der Waals surface area contributed by atoms with Crippen LogP contribution in [0.5, 0.6) is 0 Å². The van der Waals surface area contributed by atoms with Gasteiger partial charge in [0.25, 0.3) is 0 Å². The molecule has 0 spiro atoms. The topological polar surface area (TPSA) is 84.5 Å². The lowest BCUT2D eigenvalue weighted by Gasteiger charge is -2.09. The van der Waals surface area contributed by atoms with E-state index in [1.54, 1.807) is 12.4 Å². The van der Waals surface area contributed by atoms with Gasteiger partial charge in [0.1, 0.15) is 0 Å². The Morgan fingerprint density at radius 3 is 3.10 bits per heavy atom. The first-order valence-corrected chi connectivity index (χ1v) is 6.75. The van der Waals surface area contributed by atoms with E-state index in [2.05, 4.69) is 25.1 Å². The molecule has 3 aromatic rings. The smallest absolute Gasteiger partial charge is 0.0945 e. The molecule has 0 radical (unpaired) electrons. The number of anilines is 2. The first-order chi connectivity index (χ1) is 9.83. The van der Waals surface area contributed by atoms with Crippen LogP contribution in [0.4, 0.5) is 11.4 Å². The Kier molecular flexibility index (Phi) is 3.54. The third-order valence-corrected chi connectivity index (χ3v) is 3.33. The van der Waals surface area contributed by atoms with E-state index in [0.717, 1.165) is 48.2 Å². The zero-order valence-electron chi connectivity index (χ0n) is 11.2. The highest BCUT2D eigenvalue weighted by Gasteiger charge is 2.03. The number of imidazole rings is 1. The molecule has 1 aromatic carbocycles. The van der Waals surface area contributed by atoms with Gasteiger partial charge in [-0.05, 0) is 25.0 Å². The van der Waals surface area contributed by atoms with Crippen LogP contribution in [0.15, 0.2) is 37.1 Å². The second-order valence-electron chi connectivity index (χ2n) is 4.83. The molecule has 2 heterocycles. The summed E-state index contributed by atoms with van der Waals surface area (Å²) in [6.07, 6.45) is 9.60. The van der Waals surface area contributed by atoms with E-state index in [0.29, 0.717) is 0 Å². The van der Waals surface area contributed by atoms with Crippen molar-refractivity contribution in [3.8, 4) is 0 Å². The number of aryl methyl sites for hydroxylation is 1. The summed E-state index contributed by atoms with van der Waals surface area (Å²) < 4.78 is 2.09. The lowest BCUT2D eigenvalue weighted by atomic mass is 10.2. The molecular weight excluding hydrogens is 252 g/mol. The second-order valence-corrected chi connectivity index (χ2v) is 4.83. The van der Waals surface area contributed by atoms with E-state index in [1.807, 2.05) is 24.7 Å². The summed E-state index contributed by atoms with van der Waals surface area (Å²) in [6, 6.07) is 3.94. The molecule has 104 valence electrons. The lowest BCUT2D eigenvalue weighted by molar-refractivity contribution is 0.621. The van der Waals surface area contributed by atoms with Gasteiger partial charge in [-0.1, -0.05) is 0 Å². The number of unbranched alkanes of at least 4 members (excludes halogenated alkanes) is 1. The number of aromatic nitrogens is 4. The molecule has 6 heteroatoms. The zero-order valence-corrected chi connectivity index (χ0v) is 11.2. The average Bonchev–Trinajstić information content (AvgIpc) is 3.09. The van der Waals surface area contributed by atoms with Crippen LogP contribution in [-0.2, 0) is 6.54 Å². The summed E-state index contributed by atoms with van der Waals surface area (Å²) in [5.74, 6) is 0. The fraction of sp³-hybridized carbons (Fsp3) is 0.286. The molecule has 3 rings (SSSR count). The number of benzene rings is 1. The van der Waals surface area contributed by atoms with Crippen molar-refractivity contribution >= 4 is 22.3 Å². The minimum atomic E-state index is 0.758. The molecule has 0 bridgehead atoms. The number of nitrogen functional groups attached to an aromatic ring is 1. The van der Waals surface area contributed by atoms with Gasteiger partial charge in [-0.15, -0.1) is 0 Å². The van der Waals surface area contributed by atoms with Crippen LogP contribution in [0.25, 0.3) is 10.9 Å². The van der Waals surface area contributed by atoms with Crippen molar-refractivity contribution in [1.29, 1.82) is 0 Å². The maximum Gasteiger partial charge on any atom is 0.0945 e. The van der Waals surface area contributed by atoms with Crippen LogP contribution in [0.2, 0.25) is 0 Å². The van der Waals surface area contributed by atoms with Crippen molar-refractivity contribution in [3.63, 3.8) is 0 Å². The van der Waals surface area contributed by atoms with Crippen LogP contribution < -0.4 is 11.1 Å². The first kappa shape index (κ1) is 12.5. The minimum absolute atomic E-state index is 0.758. The van der Waals surface area contributed by atoms with Gasteiger partial charge in [0.2, 0.25) is 0 Å². The molecule has 0 aliphatic carbocycles. The van der Waals surface area contributed by atoms with Crippen molar-refractivity contribution in [1.82, 2.24) is 19.7 Å². The number of fused-ring (bicyclic) bond motifs is 1. The number of rotatable bonds is 6. The molecule has 0 saturated heterocycles. The van der Waals surface area contributed by atoms with Gasteiger partial charge in [0.05, 0.1) is 29.4 Å². The van der Waals surface area contributed by atoms with Gasteiger partial charge in [0.15, 0.2) is 0 Å². The van der Waals surface area contributed by atoms with Crippen molar-refractivity contribution in [2.24, 2.45) is 0 Å². The van der Waals surface area contributed by atoms with Crippen LogP contribution in [0.1, 0.15) is 12.8 Å². The highest BCUT2D eigenvalue weighted by atomic mass is 15.1. The molecule has 0 aliphatic heterocycles. The number of aromatic amines is 1. The third-order valence-electron chi connectivity index (χ3n) is 3.33. The quantitative estimate of drug-likeness (QED) is 0.473. The summed E-state index contributed by atoms with van der Waals surface area (Å²) >= 11 is 0. The number of nitrogens with two attached hydrogens (primary N) is 1. The normalized spacial score (nSPS) is 11.0. The van der Waals surface area contributed by atoms with Gasteiger partial charge in [-0.25, -0.2) is 4.98 Å². The SMILES string of the molecule is Nc1cc2cn[nH]c2cc1NCCCCn1ccnc1. The molecule has 20 heavy (non-hydrogen) atoms. The maximum absolute atomic E-state index is 6.02. The van der Waals surface area contributed by atoms with E-state index in [4.69, 9.17) is 5.73 Å². The Hall–Kier alpha value is -2.50. The zero-order chi connectivity index (χ0) is 13.8. The summed E-state index contributed by atoms with van der Waals surface area (Å²) in [4.78, 5) is 4.03. The van der Waals surface area contributed by atoms with Crippen molar-refractivity contribution < 1.29 is 0 Å². The second kappa shape index (κ2) is 5.64. The summed E-state index contributed by atoms with van der Waals surface area (Å²) in [5, 5.41) is 11.4. The standard InChI is InChI=1S/C14H18N6/c15-12-7-11-9-18-19-13(11)8-14(12)17-3-1-2-5-20-6-4-16-10-20/h4,6-10,17H,1-3,5,15H2,(H,18,19). The summed E-state index contributed by atoms with van der Waals surface area (Å²) in [7, 11) is 0. The van der Waals surface area contributed by atoms with Crippen molar-refractivity contribution in [2.75, 3.05) is 17.6 Å². The molecule has 0 atom stereocenters. The Morgan fingerprint density at radius 2 is 2.25 bits per heavy atom. The molecule has 0 fully saturated rings. The Bertz CT molecular complexity index is 670. The van der Waals surface area contributed by atoms with Gasteiger partial charge in [-0.2, -0.15) is 5.10 Å². The van der Waals surface area contributed by atoms with Crippen LogP contribution >= 0.6 is 0 Å². The fourth-order valence-electron chi connectivity index (χ4n) is 2.22. The highest BCUT2D eigenvalue weighted by Crippen LogP contribution is 2.24. The Morgan fingerprint density at radius 1 is 1.30 bits per heavy atom. The van der Waals surface area contributed by atoms with Crippen molar-refractivity contribution in [2.45, 2.75) is 19.4 Å². The number of hydrogen-bond donors (Lipinski definition) is 3. The predicted molar refractivity (Wildman–Crippen MR) is 80.5 cm³/mol. The van der Waals surface area contributed by atoms with Crippen LogP contribution in [0, 0.1) is 0 Å². The lowest BCUT2D eigenvalue weighted by Crippen LogP contribution is -2.05. The molecule has 4 N–H and O–H groups in total. The molecule has 0 unspecified atom stereocenters. The summed E-state index contributed by atoms with van der Waals surface area (Å²) in [6.45, 7) is 1.90. The van der Waals surface area contributed by atoms with Crippen LogP contribution in [-0.4, -0.2) is 26.3 Å². The van der Waals surface area contributed by atoms with Crippen LogP contribution in [0.3, 0.4) is 0 Å². The number of hydrogen-bond acceptors (Lipinski definition) is 4. The molecule has 0 amide bonds. The molecule has 0 saturated carbocycles. The van der Waals surface area contributed by atoms with E-state index < -0.39 is 0 Å². The first-order valence-electron chi connectivity index (χ1n) is 6.75. The fourth-order valence-corrected chi connectivity index (χ4v) is 2.22. The van der Waals surface area contributed by atoms with Gasteiger partial charge in [-0.3, -0.25) is 5.10 Å². The monoisotopic (exact) mass is 270 g/mol. The van der Waals surface area contributed by atoms with Gasteiger partial charge in [0, 0.05) is 30.9 Å². The van der Waals surface area contributed by atoms with Gasteiger partial charge < -0.3 is 15.6 Å². The molecular formula is C14H18N6. The van der Waals surface area contributed by atoms with E-state index >= 15 is 0 Å². The largest absolute Gasteiger partial charge is 0.397 e. The van der Waals surface area contributed by atoms with E-state index in [9.17, 15) is 0 Å². The summed E-state index contributed by atoms with van der Waals surface area (Å²) in [5.41, 5.74) is 8.74. The maximum atomic E-state index is 6.02. The molecule has 6 nitrogen and oxygen atoms in total. The molecule has 2 aromatic heterocycles. The Balaban J connectivity index is 1.50. The number of H-pyrrole nitrogens is 1. The average molecular weight is 270 g/mol. The Labute approximate surface area is 117 Å². The third kappa shape index (κ3) is 2.74. The molecule has 0 aliphatic rings.